The highest BCUT2D eigenvalue weighted by molar-refractivity contribution is 5.80. The zero-order valence-corrected chi connectivity index (χ0v) is 10.7. The molecule has 4 heteroatoms. The highest BCUT2D eigenvalue weighted by atomic mass is 16.5. The van der Waals surface area contributed by atoms with Gasteiger partial charge in [-0.2, -0.15) is 0 Å². The minimum Gasteiger partial charge on any atom is -0.480 e. The van der Waals surface area contributed by atoms with Crippen molar-refractivity contribution >= 4 is 11.8 Å². The number of hydrogen-bond donors (Lipinski definition) is 1. The van der Waals surface area contributed by atoms with Gasteiger partial charge in [0.25, 0.3) is 0 Å². The van der Waals surface area contributed by atoms with E-state index in [0.29, 0.717) is 18.9 Å². The van der Waals surface area contributed by atoms with Crippen LogP contribution in [0.5, 0.6) is 0 Å². The Balaban J connectivity index is 3.95. The molecular weight excluding hydrogens is 204 g/mol. The Morgan fingerprint density at radius 1 is 1.12 bits per heavy atom. The van der Waals surface area contributed by atoms with E-state index in [1.54, 1.807) is 0 Å². The van der Waals surface area contributed by atoms with Gasteiger partial charge in [0, 0.05) is 12.8 Å². The Labute approximate surface area is 98.4 Å². The van der Waals surface area contributed by atoms with Gasteiger partial charge >= 0.3 is 0 Å². The average molecular weight is 228 g/mol. The second-order valence-electron chi connectivity index (χ2n) is 3.68. The predicted molar refractivity (Wildman–Crippen MR) is 66.3 cm³/mol. The molecule has 0 rings (SSSR count). The van der Waals surface area contributed by atoms with Crippen LogP contribution in [0.15, 0.2) is 5.10 Å². The molecule has 0 unspecified atom stereocenters. The number of unbranched alkanes of at least 4 members (excludes halogenated alkanes) is 2. The molecule has 0 saturated carbocycles. The predicted octanol–water partition coefficient (Wildman–Crippen LogP) is 2.83. The van der Waals surface area contributed by atoms with Crippen LogP contribution in [0, 0.1) is 0 Å². The molecule has 0 aliphatic rings. The van der Waals surface area contributed by atoms with Crippen LogP contribution in [-0.4, -0.2) is 18.4 Å². The second-order valence-corrected chi connectivity index (χ2v) is 3.68. The standard InChI is InChI=1S/C12H24N2O2/c1-4-7-9-11(15)13-14-12(16-6-3)10-8-5-2/h4-10H2,1-3H3,(H,13,15)/b14-12-. The summed E-state index contributed by atoms with van der Waals surface area (Å²) < 4.78 is 5.33. The van der Waals surface area contributed by atoms with Gasteiger partial charge in [0.1, 0.15) is 0 Å². The molecular formula is C12H24N2O2. The molecule has 0 saturated heterocycles. The van der Waals surface area contributed by atoms with Gasteiger partial charge < -0.3 is 4.74 Å². The number of amides is 1. The minimum atomic E-state index is -0.0319. The maximum atomic E-state index is 11.3. The third-order valence-corrected chi connectivity index (χ3v) is 2.12. The van der Waals surface area contributed by atoms with E-state index in [2.05, 4.69) is 24.4 Å². The van der Waals surface area contributed by atoms with Gasteiger partial charge in [-0.15, -0.1) is 5.10 Å². The molecule has 0 bridgehead atoms. The number of rotatable bonds is 8. The van der Waals surface area contributed by atoms with E-state index < -0.39 is 0 Å². The Bertz CT molecular complexity index is 215. The van der Waals surface area contributed by atoms with E-state index >= 15 is 0 Å². The monoisotopic (exact) mass is 228 g/mol. The van der Waals surface area contributed by atoms with Crippen LogP contribution >= 0.6 is 0 Å². The summed E-state index contributed by atoms with van der Waals surface area (Å²) in [5, 5.41) is 4.00. The third kappa shape index (κ3) is 8.26. The number of nitrogens with one attached hydrogen (secondary N) is 1. The van der Waals surface area contributed by atoms with Gasteiger partial charge in [0.05, 0.1) is 6.61 Å². The van der Waals surface area contributed by atoms with Crippen LogP contribution in [0.2, 0.25) is 0 Å². The zero-order valence-electron chi connectivity index (χ0n) is 10.7. The third-order valence-electron chi connectivity index (χ3n) is 2.12. The van der Waals surface area contributed by atoms with Crippen molar-refractivity contribution < 1.29 is 9.53 Å². The molecule has 0 radical (unpaired) electrons. The highest BCUT2D eigenvalue weighted by Gasteiger charge is 2.02. The normalized spacial score (nSPS) is 11.3. The molecule has 0 aromatic carbocycles. The molecule has 0 atom stereocenters. The van der Waals surface area contributed by atoms with Crippen LogP contribution in [0.25, 0.3) is 0 Å². The van der Waals surface area contributed by atoms with E-state index in [9.17, 15) is 4.79 Å². The minimum absolute atomic E-state index is 0.0319. The lowest BCUT2D eigenvalue weighted by Gasteiger charge is -2.06. The van der Waals surface area contributed by atoms with Crippen molar-refractivity contribution in [2.75, 3.05) is 6.61 Å². The molecule has 0 spiro atoms. The highest BCUT2D eigenvalue weighted by Crippen LogP contribution is 1.99. The van der Waals surface area contributed by atoms with Gasteiger partial charge in [-0.05, 0) is 19.8 Å². The number of nitrogens with zero attached hydrogens (tertiary/aromatic N) is 1. The summed E-state index contributed by atoms with van der Waals surface area (Å²) in [4.78, 5) is 11.3. The fraction of sp³-hybridized carbons (Fsp3) is 0.833. The molecule has 16 heavy (non-hydrogen) atoms. The Morgan fingerprint density at radius 2 is 1.75 bits per heavy atom. The van der Waals surface area contributed by atoms with E-state index in [1.165, 1.54) is 0 Å². The summed E-state index contributed by atoms with van der Waals surface area (Å²) in [5.41, 5.74) is 2.54. The van der Waals surface area contributed by atoms with Crippen LogP contribution in [0.3, 0.4) is 0 Å². The van der Waals surface area contributed by atoms with Crippen molar-refractivity contribution in [3.05, 3.63) is 0 Å². The summed E-state index contributed by atoms with van der Waals surface area (Å²) in [6, 6.07) is 0. The molecule has 4 nitrogen and oxygen atoms in total. The van der Waals surface area contributed by atoms with Gasteiger partial charge in [0.2, 0.25) is 11.8 Å². The molecule has 1 N–H and O–H groups in total. The smallest absolute Gasteiger partial charge is 0.240 e. The number of carbonyl (C=O) groups is 1. The lowest BCUT2D eigenvalue weighted by molar-refractivity contribution is -0.121. The molecule has 0 fully saturated rings. The van der Waals surface area contributed by atoms with Crippen LogP contribution < -0.4 is 5.43 Å². The average Bonchev–Trinajstić information content (AvgIpc) is 2.30. The molecule has 1 amide bonds. The Morgan fingerprint density at radius 3 is 2.31 bits per heavy atom. The molecule has 0 aromatic heterocycles. The number of carbonyl (C=O) groups excluding carboxylic acids is 1. The van der Waals surface area contributed by atoms with Gasteiger partial charge in [-0.3, -0.25) is 4.79 Å². The second kappa shape index (κ2) is 10.5. The fourth-order valence-electron chi connectivity index (χ4n) is 1.17. The summed E-state index contributed by atoms with van der Waals surface area (Å²) in [6.45, 7) is 6.68. The molecule has 0 aliphatic carbocycles. The van der Waals surface area contributed by atoms with Crippen molar-refractivity contribution in [3.63, 3.8) is 0 Å². The lowest BCUT2D eigenvalue weighted by atomic mass is 10.2. The topological polar surface area (TPSA) is 50.7 Å². The van der Waals surface area contributed by atoms with Crippen molar-refractivity contribution in [1.29, 1.82) is 0 Å². The largest absolute Gasteiger partial charge is 0.480 e. The van der Waals surface area contributed by atoms with Gasteiger partial charge in [-0.1, -0.05) is 26.7 Å². The van der Waals surface area contributed by atoms with Crippen LogP contribution in [0.1, 0.15) is 59.3 Å². The molecule has 0 aliphatic heterocycles. The summed E-state index contributed by atoms with van der Waals surface area (Å²) >= 11 is 0. The van der Waals surface area contributed by atoms with E-state index in [4.69, 9.17) is 4.74 Å². The quantitative estimate of drug-likeness (QED) is 0.394. The molecule has 0 heterocycles. The van der Waals surface area contributed by atoms with Crippen molar-refractivity contribution in [2.45, 2.75) is 59.3 Å². The van der Waals surface area contributed by atoms with E-state index in [1.807, 2.05) is 6.92 Å². The lowest BCUT2D eigenvalue weighted by Crippen LogP contribution is -2.20. The van der Waals surface area contributed by atoms with Gasteiger partial charge in [-0.25, -0.2) is 5.43 Å². The number of hydrogen-bond acceptors (Lipinski definition) is 3. The van der Waals surface area contributed by atoms with Crippen molar-refractivity contribution in [2.24, 2.45) is 5.10 Å². The van der Waals surface area contributed by atoms with E-state index in [0.717, 1.165) is 32.1 Å². The van der Waals surface area contributed by atoms with Crippen LogP contribution in [-0.2, 0) is 9.53 Å². The maximum Gasteiger partial charge on any atom is 0.240 e. The zero-order chi connectivity index (χ0) is 12.2. The SMILES string of the molecule is CCCCC(=O)N/N=C(/CCCC)OCC. The number of hydrazone groups is 1. The maximum absolute atomic E-state index is 11.3. The molecule has 0 aromatic rings. The first-order valence-corrected chi connectivity index (χ1v) is 6.22. The summed E-state index contributed by atoms with van der Waals surface area (Å²) in [6.07, 6.45) is 5.37. The first-order chi connectivity index (χ1) is 7.74. The Kier molecular flexibility index (Phi) is 9.76. The van der Waals surface area contributed by atoms with E-state index in [-0.39, 0.29) is 5.91 Å². The first-order valence-electron chi connectivity index (χ1n) is 6.22. The van der Waals surface area contributed by atoms with Gasteiger partial charge in [0.15, 0.2) is 0 Å². The summed E-state index contributed by atoms with van der Waals surface area (Å²) in [5.74, 6) is 0.602. The van der Waals surface area contributed by atoms with Crippen molar-refractivity contribution in [3.8, 4) is 0 Å². The van der Waals surface area contributed by atoms with Crippen molar-refractivity contribution in [1.82, 2.24) is 5.43 Å². The summed E-state index contributed by atoms with van der Waals surface area (Å²) in [7, 11) is 0. The Hall–Kier alpha value is -1.06. The van der Waals surface area contributed by atoms with Crippen LogP contribution in [0.4, 0.5) is 0 Å². The number of ether oxygens (including phenoxy) is 1. The first kappa shape index (κ1) is 14.9. The molecule has 94 valence electrons. The fourth-order valence-corrected chi connectivity index (χ4v) is 1.17.